The summed E-state index contributed by atoms with van der Waals surface area (Å²) in [5.41, 5.74) is 2.60. The van der Waals surface area contributed by atoms with E-state index in [9.17, 15) is 14.8 Å². The number of carbonyl (C=O) groups excluding carboxylic acids is 1. The number of para-hydroxylation sites is 1. The van der Waals surface area contributed by atoms with Crippen molar-refractivity contribution in [3.8, 4) is 0 Å². The minimum Gasteiger partial charge on any atom is -0.292 e. The fourth-order valence-corrected chi connectivity index (χ4v) is 3.81. The van der Waals surface area contributed by atoms with Gasteiger partial charge in [0, 0.05) is 5.39 Å². The number of anilines is 1. The molecule has 0 aliphatic carbocycles. The van der Waals surface area contributed by atoms with Crippen molar-refractivity contribution in [1.82, 2.24) is 9.97 Å². The highest BCUT2D eigenvalue weighted by Crippen LogP contribution is 2.32. The summed E-state index contributed by atoms with van der Waals surface area (Å²) in [6, 6.07) is 19.8. The summed E-state index contributed by atoms with van der Waals surface area (Å²) in [5.74, 6) is -1.22. The zero-order chi connectivity index (χ0) is 19.5. The van der Waals surface area contributed by atoms with Crippen LogP contribution in [-0.2, 0) is 0 Å². The summed E-state index contributed by atoms with van der Waals surface area (Å²) in [5, 5.41) is 11.8. The van der Waals surface area contributed by atoms with Crippen molar-refractivity contribution < 1.29 is 10.0 Å². The third-order valence-corrected chi connectivity index (χ3v) is 5.26. The number of nitrogens with zero attached hydrogens (tertiary/aromatic N) is 2. The molecule has 0 bridgehead atoms. The van der Waals surface area contributed by atoms with Gasteiger partial charge in [0.15, 0.2) is 5.78 Å². The Balaban J connectivity index is 2.07. The first-order valence-electron chi connectivity index (χ1n) is 8.53. The van der Waals surface area contributed by atoms with Crippen LogP contribution < -0.4 is 11.0 Å². The molecular formula is C21H15N3O3S. The van der Waals surface area contributed by atoms with Crippen LogP contribution in [0.25, 0.3) is 10.9 Å². The third kappa shape index (κ3) is 3.28. The minimum atomic E-state index is -0.759. The van der Waals surface area contributed by atoms with Crippen molar-refractivity contribution in [1.29, 1.82) is 0 Å². The van der Waals surface area contributed by atoms with E-state index < -0.39 is 11.5 Å². The number of thiophene rings is 1. The molecule has 1 atom stereocenters. The highest BCUT2D eigenvalue weighted by molar-refractivity contribution is 7.12. The van der Waals surface area contributed by atoms with Gasteiger partial charge in [-0.05, 0) is 23.1 Å². The first-order chi connectivity index (χ1) is 13.7. The molecule has 4 rings (SSSR count). The number of hydrogen-bond donors (Lipinski definition) is 2. The molecule has 4 aromatic rings. The van der Waals surface area contributed by atoms with E-state index in [1.54, 1.807) is 30.3 Å². The molecular weight excluding hydrogens is 374 g/mol. The van der Waals surface area contributed by atoms with E-state index in [1.807, 2.05) is 47.3 Å². The molecule has 0 spiro atoms. The smallest absolute Gasteiger partial charge is 0.292 e. The number of fused-ring (bicyclic) bond motifs is 1. The van der Waals surface area contributed by atoms with Crippen LogP contribution in [0.5, 0.6) is 0 Å². The van der Waals surface area contributed by atoms with Crippen molar-refractivity contribution in [2.24, 2.45) is 0 Å². The number of ketones is 1. The standard InChI is InChI=1S/C21H15N3O3S/c25-19(16-11-6-12-28-16)17(13-7-2-1-3-8-13)18-14-9-4-5-10-15(14)22-21(26)20(23-18)24-27/h1-12,17,27H,(H,22,23,24,26). The summed E-state index contributed by atoms with van der Waals surface area (Å²) in [6.45, 7) is 0. The second-order valence-corrected chi connectivity index (χ2v) is 7.02. The Morgan fingerprint density at radius 1 is 0.964 bits per heavy atom. The molecule has 2 heterocycles. The van der Waals surface area contributed by atoms with Crippen molar-refractivity contribution in [3.05, 3.63) is 98.6 Å². The van der Waals surface area contributed by atoms with Gasteiger partial charge in [-0.1, -0.05) is 54.6 Å². The molecule has 0 aliphatic heterocycles. The fourth-order valence-electron chi connectivity index (χ4n) is 3.11. The topological polar surface area (TPSA) is 92.2 Å². The summed E-state index contributed by atoms with van der Waals surface area (Å²) in [7, 11) is 0. The normalized spacial score (nSPS) is 11.9. The average Bonchev–Trinajstić information content (AvgIpc) is 3.22. The molecule has 0 fully saturated rings. The first-order valence-corrected chi connectivity index (χ1v) is 9.41. The van der Waals surface area contributed by atoms with E-state index in [1.165, 1.54) is 11.3 Å². The predicted molar refractivity (Wildman–Crippen MR) is 108 cm³/mol. The Kier molecular flexibility index (Phi) is 4.92. The maximum atomic E-state index is 13.4. The minimum absolute atomic E-state index is 0.138. The average molecular weight is 389 g/mol. The van der Waals surface area contributed by atoms with Gasteiger partial charge in [0.05, 0.1) is 22.0 Å². The molecule has 7 heteroatoms. The van der Waals surface area contributed by atoms with Crippen molar-refractivity contribution in [3.63, 3.8) is 0 Å². The van der Waals surface area contributed by atoms with Gasteiger partial charge in [0.1, 0.15) is 0 Å². The Bertz CT molecular complexity index is 1190. The zero-order valence-electron chi connectivity index (χ0n) is 14.6. The molecule has 2 aromatic carbocycles. The number of carbonyl (C=O) groups is 1. The van der Waals surface area contributed by atoms with Gasteiger partial charge < -0.3 is 0 Å². The lowest BCUT2D eigenvalue weighted by atomic mass is 9.88. The number of Topliss-reactive ketones (excluding diaryl/α,β-unsaturated/α-hetero) is 1. The van der Waals surface area contributed by atoms with Crippen LogP contribution in [-0.4, -0.2) is 21.0 Å². The van der Waals surface area contributed by atoms with E-state index in [2.05, 4.69) is 9.97 Å². The maximum Gasteiger partial charge on any atom is 0.315 e. The lowest BCUT2D eigenvalue weighted by Crippen LogP contribution is -2.16. The van der Waals surface area contributed by atoms with Crippen molar-refractivity contribution >= 4 is 33.8 Å². The Morgan fingerprint density at radius 2 is 1.71 bits per heavy atom. The van der Waals surface area contributed by atoms with Gasteiger partial charge in [-0.2, -0.15) is 0 Å². The lowest BCUT2D eigenvalue weighted by molar-refractivity contribution is 0.0977. The molecule has 0 radical (unpaired) electrons. The van der Waals surface area contributed by atoms with Gasteiger partial charge in [-0.25, -0.2) is 15.4 Å². The van der Waals surface area contributed by atoms with Gasteiger partial charge in [-0.3, -0.25) is 14.8 Å². The number of nitrogens with one attached hydrogen (secondary N) is 1. The first kappa shape index (κ1) is 18.0. The Morgan fingerprint density at radius 3 is 2.43 bits per heavy atom. The van der Waals surface area contributed by atoms with E-state index >= 15 is 0 Å². The summed E-state index contributed by atoms with van der Waals surface area (Å²) < 4.78 is 0. The molecule has 28 heavy (non-hydrogen) atoms. The van der Waals surface area contributed by atoms with E-state index in [-0.39, 0.29) is 11.6 Å². The molecule has 0 aliphatic rings. The van der Waals surface area contributed by atoms with Crippen LogP contribution in [0, 0.1) is 0 Å². The highest BCUT2D eigenvalue weighted by atomic mass is 32.1. The molecule has 2 aromatic heterocycles. The molecule has 2 N–H and O–H groups in total. The third-order valence-electron chi connectivity index (χ3n) is 4.38. The van der Waals surface area contributed by atoms with Crippen LogP contribution in [0.2, 0.25) is 0 Å². The van der Waals surface area contributed by atoms with E-state index in [4.69, 9.17) is 0 Å². The number of rotatable bonds is 5. The van der Waals surface area contributed by atoms with Crippen LogP contribution in [0.15, 0.2) is 76.9 Å². The lowest BCUT2D eigenvalue weighted by Gasteiger charge is -2.16. The second kappa shape index (κ2) is 7.67. The van der Waals surface area contributed by atoms with Crippen LogP contribution in [0.3, 0.4) is 0 Å². The van der Waals surface area contributed by atoms with Gasteiger partial charge in [0.25, 0.3) is 0 Å². The molecule has 6 nitrogen and oxygen atoms in total. The molecule has 0 saturated heterocycles. The number of benzene rings is 2. The monoisotopic (exact) mass is 389 g/mol. The fraction of sp³-hybridized carbons (Fsp3) is 0.0476. The van der Waals surface area contributed by atoms with Crippen molar-refractivity contribution in [2.45, 2.75) is 5.92 Å². The molecule has 1 unspecified atom stereocenters. The van der Waals surface area contributed by atoms with Gasteiger partial charge in [0.2, 0.25) is 5.82 Å². The van der Waals surface area contributed by atoms with E-state index in [0.717, 1.165) is 5.56 Å². The molecule has 0 saturated carbocycles. The van der Waals surface area contributed by atoms with Crippen LogP contribution >= 0.6 is 11.3 Å². The van der Waals surface area contributed by atoms with Gasteiger partial charge >= 0.3 is 5.56 Å². The maximum absolute atomic E-state index is 13.4. The van der Waals surface area contributed by atoms with Gasteiger partial charge in [-0.15, -0.1) is 11.3 Å². The van der Waals surface area contributed by atoms with Crippen molar-refractivity contribution in [2.75, 3.05) is 5.48 Å². The van der Waals surface area contributed by atoms with Crippen LogP contribution in [0.1, 0.15) is 26.8 Å². The van der Waals surface area contributed by atoms with E-state index in [0.29, 0.717) is 21.5 Å². The quantitative estimate of drug-likeness (QED) is 0.398. The SMILES string of the molecule is O=C(c1cccs1)C(c1ccccc1)c1nc(NO)c(=O)nc2ccccc12. The Labute approximate surface area is 164 Å². The number of hydrogen-bond acceptors (Lipinski definition) is 7. The predicted octanol–water partition coefficient (Wildman–Crippen LogP) is 3.87. The summed E-state index contributed by atoms with van der Waals surface area (Å²) >= 11 is 1.34. The molecule has 138 valence electrons. The largest absolute Gasteiger partial charge is 0.315 e. The highest BCUT2D eigenvalue weighted by Gasteiger charge is 2.28. The van der Waals surface area contributed by atoms with Crippen LogP contribution in [0.4, 0.5) is 5.82 Å². The second-order valence-electron chi connectivity index (χ2n) is 6.08. The summed E-state index contributed by atoms with van der Waals surface area (Å²) in [6.07, 6.45) is 0. The summed E-state index contributed by atoms with van der Waals surface area (Å²) in [4.78, 5) is 34.7. The Hall–Kier alpha value is -3.42. The molecule has 0 amide bonds. The zero-order valence-corrected chi connectivity index (χ0v) is 15.4. The number of aromatic nitrogens is 2.